The normalized spacial score (nSPS) is 19.6. The largest absolute Gasteiger partial charge is 0.351 e. The predicted molar refractivity (Wildman–Crippen MR) is 121 cm³/mol. The standard InChI is InChI=1S/C23H27F3N6O3/c1-3-4-5-20(33)28-15-8-21(34)31(11-15)18-9-27-32-10-13(2)30(12-19(18)32)23(35)29-14-6-16(24)22(26)17(25)7-14/h6-7,9,13,15H,3-5,8,10-12H2,1-2H3,(H,28,33)(H,29,35)/t13-,15?/m0/s1. The molecule has 9 nitrogen and oxygen atoms in total. The Hall–Kier alpha value is -3.57. The number of fused-ring (bicyclic) bond motifs is 1. The van der Waals surface area contributed by atoms with E-state index in [-0.39, 0.29) is 42.6 Å². The lowest BCUT2D eigenvalue weighted by molar-refractivity contribution is -0.121. The summed E-state index contributed by atoms with van der Waals surface area (Å²) >= 11 is 0. The first-order chi connectivity index (χ1) is 16.7. The summed E-state index contributed by atoms with van der Waals surface area (Å²) < 4.78 is 42.0. The number of unbranched alkanes of at least 4 members (excludes halogenated alkanes) is 1. The molecular formula is C23H27F3N6O3. The molecule has 1 fully saturated rings. The lowest BCUT2D eigenvalue weighted by Gasteiger charge is -2.35. The Balaban J connectivity index is 1.47. The van der Waals surface area contributed by atoms with Crippen LogP contribution in [0, 0.1) is 17.5 Å². The van der Waals surface area contributed by atoms with Gasteiger partial charge in [-0.1, -0.05) is 13.3 Å². The first-order valence-corrected chi connectivity index (χ1v) is 11.5. The highest BCUT2D eigenvalue weighted by molar-refractivity contribution is 5.97. The van der Waals surface area contributed by atoms with Crippen molar-refractivity contribution in [2.24, 2.45) is 0 Å². The second-order valence-corrected chi connectivity index (χ2v) is 8.90. The number of nitrogens with one attached hydrogen (secondary N) is 2. The molecule has 1 aromatic carbocycles. The van der Waals surface area contributed by atoms with Crippen molar-refractivity contribution in [1.29, 1.82) is 0 Å². The molecule has 1 aromatic heterocycles. The number of carbonyl (C=O) groups is 3. The fourth-order valence-electron chi connectivity index (χ4n) is 4.38. The van der Waals surface area contributed by atoms with Crippen LogP contribution in [0.15, 0.2) is 18.3 Å². The number of hydrogen-bond donors (Lipinski definition) is 2. The molecule has 2 aliphatic heterocycles. The molecule has 0 saturated carbocycles. The predicted octanol–water partition coefficient (Wildman–Crippen LogP) is 3.15. The molecule has 2 aliphatic rings. The third kappa shape index (κ3) is 5.10. The van der Waals surface area contributed by atoms with Crippen LogP contribution in [-0.2, 0) is 22.7 Å². The van der Waals surface area contributed by atoms with Gasteiger partial charge in [0.25, 0.3) is 0 Å². The van der Waals surface area contributed by atoms with Crippen LogP contribution in [-0.4, -0.2) is 51.2 Å². The van der Waals surface area contributed by atoms with Crippen LogP contribution in [0.2, 0.25) is 0 Å². The molecule has 2 atom stereocenters. The van der Waals surface area contributed by atoms with Crippen molar-refractivity contribution in [2.75, 3.05) is 16.8 Å². The number of nitrogens with zero attached hydrogens (tertiary/aromatic N) is 4. The summed E-state index contributed by atoms with van der Waals surface area (Å²) in [6, 6.07) is 0.157. The van der Waals surface area contributed by atoms with Gasteiger partial charge in [0.05, 0.1) is 42.8 Å². The number of benzene rings is 1. The van der Waals surface area contributed by atoms with Crippen LogP contribution < -0.4 is 15.5 Å². The Morgan fingerprint density at radius 1 is 1.17 bits per heavy atom. The maximum Gasteiger partial charge on any atom is 0.322 e. The van der Waals surface area contributed by atoms with Crippen molar-refractivity contribution in [3.63, 3.8) is 0 Å². The molecule has 0 spiro atoms. The van der Waals surface area contributed by atoms with Crippen LogP contribution in [0.25, 0.3) is 0 Å². The van der Waals surface area contributed by atoms with Crippen LogP contribution >= 0.6 is 0 Å². The van der Waals surface area contributed by atoms with E-state index in [4.69, 9.17) is 0 Å². The number of rotatable bonds is 6. The minimum atomic E-state index is -1.61. The molecule has 12 heteroatoms. The fraction of sp³-hybridized carbons (Fsp3) is 0.478. The Morgan fingerprint density at radius 2 is 1.89 bits per heavy atom. The van der Waals surface area contributed by atoms with Crippen molar-refractivity contribution in [3.8, 4) is 0 Å². The maximum absolute atomic E-state index is 13.5. The summed E-state index contributed by atoms with van der Waals surface area (Å²) in [4.78, 5) is 40.7. The molecule has 4 rings (SSSR count). The minimum Gasteiger partial charge on any atom is -0.351 e. The van der Waals surface area contributed by atoms with E-state index in [0.29, 0.717) is 43.0 Å². The summed E-state index contributed by atoms with van der Waals surface area (Å²) in [6.07, 6.45) is 3.83. The Morgan fingerprint density at radius 3 is 2.57 bits per heavy atom. The van der Waals surface area contributed by atoms with Crippen molar-refractivity contribution in [1.82, 2.24) is 20.0 Å². The van der Waals surface area contributed by atoms with Gasteiger partial charge in [0, 0.05) is 37.2 Å². The number of aromatic nitrogens is 2. The van der Waals surface area contributed by atoms with E-state index in [2.05, 4.69) is 15.7 Å². The van der Waals surface area contributed by atoms with Gasteiger partial charge in [-0.15, -0.1) is 0 Å². The molecular weight excluding hydrogens is 465 g/mol. The van der Waals surface area contributed by atoms with Crippen LogP contribution in [0.1, 0.15) is 45.2 Å². The highest BCUT2D eigenvalue weighted by atomic mass is 19.2. The lowest BCUT2D eigenvalue weighted by atomic mass is 10.2. The van der Waals surface area contributed by atoms with Crippen molar-refractivity contribution < 1.29 is 27.6 Å². The van der Waals surface area contributed by atoms with Gasteiger partial charge in [0.2, 0.25) is 11.8 Å². The lowest BCUT2D eigenvalue weighted by Crippen LogP contribution is -2.47. The third-order valence-electron chi connectivity index (χ3n) is 6.25. The SMILES string of the molecule is CCCCC(=O)NC1CC(=O)N(c2cnn3c2CN(C(=O)Nc2cc(F)c(F)c(F)c2)[C@@H](C)C3)C1. The Bertz CT molecular complexity index is 1130. The van der Waals surface area contributed by atoms with Gasteiger partial charge in [-0.2, -0.15) is 5.10 Å². The second-order valence-electron chi connectivity index (χ2n) is 8.90. The van der Waals surface area contributed by atoms with Gasteiger partial charge in [-0.3, -0.25) is 14.3 Å². The molecule has 1 unspecified atom stereocenters. The molecule has 4 amide bonds. The Kier molecular flexibility index (Phi) is 6.99. The first kappa shape index (κ1) is 24.6. The number of anilines is 2. The first-order valence-electron chi connectivity index (χ1n) is 11.5. The Labute approximate surface area is 200 Å². The molecule has 2 N–H and O–H groups in total. The zero-order chi connectivity index (χ0) is 25.3. The molecule has 0 aliphatic carbocycles. The molecule has 0 bridgehead atoms. The van der Waals surface area contributed by atoms with Gasteiger partial charge in [-0.25, -0.2) is 18.0 Å². The molecule has 35 heavy (non-hydrogen) atoms. The molecule has 0 radical (unpaired) electrons. The van der Waals surface area contributed by atoms with Gasteiger partial charge in [0.1, 0.15) is 0 Å². The molecule has 2 aromatic rings. The average molecular weight is 493 g/mol. The van der Waals surface area contributed by atoms with Crippen molar-refractivity contribution in [2.45, 2.75) is 64.7 Å². The topological polar surface area (TPSA) is 99.6 Å². The van der Waals surface area contributed by atoms with E-state index in [1.165, 1.54) is 4.90 Å². The van der Waals surface area contributed by atoms with Gasteiger partial charge in [0.15, 0.2) is 17.5 Å². The summed E-state index contributed by atoms with van der Waals surface area (Å²) in [7, 11) is 0. The van der Waals surface area contributed by atoms with Crippen molar-refractivity contribution in [3.05, 3.63) is 41.5 Å². The van der Waals surface area contributed by atoms with Crippen LogP contribution in [0.4, 0.5) is 29.3 Å². The molecule has 1 saturated heterocycles. The zero-order valence-electron chi connectivity index (χ0n) is 19.5. The summed E-state index contributed by atoms with van der Waals surface area (Å²) in [6.45, 7) is 4.52. The van der Waals surface area contributed by atoms with Gasteiger partial charge < -0.3 is 20.4 Å². The van der Waals surface area contributed by atoms with E-state index in [1.54, 1.807) is 22.7 Å². The average Bonchev–Trinajstić information content (AvgIpc) is 3.37. The summed E-state index contributed by atoms with van der Waals surface area (Å²) in [5, 5.41) is 9.66. The summed E-state index contributed by atoms with van der Waals surface area (Å²) in [5.41, 5.74) is 0.958. The van der Waals surface area contributed by atoms with E-state index in [9.17, 15) is 27.6 Å². The second kappa shape index (κ2) is 9.96. The monoisotopic (exact) mass is 492 g/mol. The van der Waals surface area contributed by atoms with E-state index in [1.807, 2.05) is 6.92 Å². The number of halogens is 3. The quantitative estimate of drug-likeness (QED) is 0.606. The highest BCUT2D eigenvalue weighted by Crippen LogP contribution is 2.30. The van der Waals surface area contributed by atoms with Crippen LogP contribution in [0.5, 0.6) is 0 Å². The smallest absolute Gasteiger partial charge is 0.322 e. The summed E-state index contributed by atoms with van der Waals surface area (Å²) in [5.74, 6) is -4.67. The highest BCUT2D eigenvalue weighted by Gasteiger charge is 2.37. The maximum atomic E-state index is 13.5. The van der Waals surface area contributed by atoms with Gasteiger partial charge >= 0.3 is 6.03 Å². The van der Waals surface area contributed by atoms with Gasteiger partial charge in [-0.05, 0) is 13.3 Å². The number of urea groups is 1. The van der Waals surface area contributed by atoms with E-state index >= 15 is 0 Å². The number of carbonyl (C=O) groups excluding carboxylic acids is 3. The third-order valence-corrected chi connectivity index (χ3v) is 6.25. The minimum absolute atomic E-state index is 0.0890. The molecule has 188 valence electrons. The molecule has 3 heterocycles. The van der Waals surface area contributed by atoms with E-state index in [0.717, 1.165) is 12.8 Å². The van der Waals surface area contributed by atoms with E-state index < -0.39 is 23.5 Å². The zero-order valence-corrected chi connectivity index (χ0v) is 19.5. The number of amides is 4. The van der Waals surface area contributed by atoms with Crippen LogP contribution in [0.3, 0.4) is 0 Å². The number of hydrogen-bond acceptors (Lipinski definition) is 4. The fourth-order valence-corrected chi connectivity index (χ4v) is 4.38. The van der Waals surface area contributed by atoms with Crippen molar-refractivity contribution >= 4 is 29.2 Å².